The van der Waals surface area contributed by atoms with Crippen LogP contribution in [0.25, 0.3) is 0 Å². The van der Waals surface area contributed by atoms with Crippen molar-refractivity contribution in [3.8, 4) is 0 Å². The Hall–Kier alpha value is -0.630. The third-order valence-corrected chi connectivity index (χ3v) is 4.84. The van der Waals surface area contributed by atoms with E-state index in [0.29, 0.717) is 12.5 Å². The van der Waals surface area contributed by atoms with Crippen LogP contribution in [0.4, 0.5) is 0 Å². The maximum absolute atomic E-state index is 12.0. The molecule has 1 aliphatic rings. The quantitative estimate of drug-likeness (QED) is 0.819. The number of rotatable bonds is 6. The molecule has 2 heterocycles. The zero-order valence-corrected chi connectivity index (χ0v) is 13.3. The van der Waals surface area contributed by atoms with Crippen molar-refractivity contribution in [2.75, 3.05) is 19.6 Å². The monoisotopic (exact) mass is 322 g/mol. The Bertz CT molecular complexity index is 497. The third-order valence-electron chi connectivity index (χ3n) is 3.49. The number of hydrogen-bond acceptors (Lipinski definition) is 4. The molecule has 0 bridgehead atoms. The van der Waals surface area contributed by atoms with Crippen molar-refractivity contribution in [2.45, 2.75) is 37.8 Å². The first-order valence-corrected chi connectivity index (χ1v) is 8.32. The Labute approximate surface area is 126 Å². The number of hydrogen-bond donors (Lipinski definition) is 2. The van der Waals surface area contributed by atoms with Gasteiger partial charge in [0, 0.05) is 19.3 Å². The van der Waals surface area contributed by atoms with Gasteiger partial charge in [-0.2, -0.15) is 0 Å². The minimum Gasteiger partial charge on any atom is -0.336 e. The molecule has 0 aromatic carbocycles. The Morgan fingerprint density at radius 3 is 2.95 bits per heavy atom. The second kappa shape index (κ2) is 7.97. The van der Waals surface area contributed by atoms with Crippen molar-refractivity contribution >= 4 is 22.4 Å². The van der Waals surface area contributed by atoms with Gasteiger partial charge in [-0.05, 0) is 45.2 Å². The summed E-state index contributed by atoms with van der Waals surface area (Å²) in [5.41, 5.74) is 0. The van der Waals surface area contributed by atoms with Gasteiger partial charge in [-0.25, -0.2) is 18.1 Å². The van der Waals surface area contributed by atoms with E-state index in [1.165, 1.54) is 12.8 Å². The van der Waals surface area contributed by atoms with Crippen molar-refractivity contribution in [2.24, 2.45) is 5.92 Å². The second-order valence-corrected chi connectivity index (χ2v) is 6.66. The highest BCUT2D eigenvalue weighted by Gasteiger charge is 2.18. The third kappa shape index (κ3) is 4.73. The number of halogens is 1. The Balaban J connectivity index is 0.00000200. The maximum Gasteiger partial charge on any atom is 0.259 e. The molecule has 8 heteroatoms. The second-order valence-electron chi connectivity index (χ2n) is 4.94. The lowest BCUT2D eigenvalue weighted by Crippen LogP contribution is -2.33. The fraction of sp³-hybridized carbons (Fsp3) is 0.750. The topological polar surface area (TPSA) is 76.0 Å². The molecule has 1 fully saturated rings. The van der Waals surface area contributed by atoms with Crippen LogP contribution < -0.4 is 10.0 Å². The molecule has 1 atom stereocenters. The SMILES string of the molecule is CCn1cnc(S(=O)(=O)NCCC2CCCNC2)c1.Cl. The molecule has 0 spiro atoms. The molecular formula is C12H23ClN4O2S. The fourth-order valence-electron chi connectivity index (χ4n) is 2.29. The van der Waals surface area contributed by atoms with Gasteiger partial charge >= 0.3 is 0 Å². The summed E-state index contributed by atoms with van der Waals surface area (Å²) in [6.07, 6.45) is 6.34. The van der Waals surface area contributed by atoms with Gasteiger partial charge in [-0.15, -0.1) is 12.4 Å². The number of imidazole rings is 1. The lowest BCUT2D eigenvalue weighted by atomic mass is 9.96. The Morgan fingerprint density at radius 2 is 2.35 bits per heavy atom. The summed E-state index contributed by atoms with van der Waals surface area (Å²) in [6.45, 7) is 5.22. The summed E-state index contributed by atoms with van der Waals surface area (Å²) in [6, 6.07) is 0. The van der Waals surface area contributed by atoms with Crippen molar-refractivity contribution in [3.05, 3.63) is 12.5 Å². The van der Waals surface area contributed by atoms with Crippen LogP contribution in [-0.2, 0) is 16.6 Å². The number of nitrogens with zero attached hydrogens (tertiary/aromatic N) is 2. The number of piperidine rings is 1. The van der Waals surface area contributed by atoms with Crippen LogP contribution in [0.15, 0.2) is 17.6 Å². The summed E-state index contributed by atoms with van der Waals surface area (Å²) in [5, 5.41) is 3.44. The van der Waals surface area contributed by atoms with Crippen LogP contribution >= 0.6 is 12.4 Å². The first-order chi connectivity index (χ1) is 9.12. The summed E-state index contributed by atoms with van der Waals surface area (Å²) in [4.78, 5) is 3.92. The lowest BCUT2D eigenvalue weighted by Gasteiger charge is -2.22. The molecule has 1 saturated heterocycles. The van der Waals surface area contributed by atoms with Crippen LogP contribution in [0, 0.1) is 5.92 Å². The molecular weight excluding hydrogens is 300 g/mol. The molecule has 1 aromatic heterocycles. The summed E-state index contributed by atoms with van der Waals surface area (Å²) >= 11 is 0. The summed E-state index contributed by atoms with van der Waals surface area (Å²) in [7, 11) is -3.45. The standard InChI is InChI=1S/C12H22N4O2S.ClH/c1-2-16-9-12(14-10-16)19(17,18)15-7-5-11-4-3-6-13-8-11;/h9-11,13,15H,2-8H2,1H3;1H. The highest BCUT2D eigenvalue weighted by molar-refractivity contribution is 7.89. The molecule has 1 aliphatic heterocycles. The molecule has 0 amide bonds. The van der Waals surface area contributed by atoms with E-state index in [1.54, 1.807) is 17.1 Å². The minimum atomic E-state index is -3.45. The van der Waals surface area contributed by atoms with Crippen molar-refractivity contribution < 1.29 is 8.42 Å². The normalized spacial score (nSPS) is 19.6. The molecule has 0 saturated carbocycles. The average molecular weight is 323 g/mol. The van der Waals surface area contributed by atoms with Crippen molar-refractivity contribution in [1.82, 2.24) is 19.6 Å². The van der Waals surface area contributed by atoms with Gasteiger partial charge in [0.2, 0.25) is 0 Å². The molecule has 1 unspecified atom stereocenters. The van der Waals surface area contributed by atoms with Crippen LogP contribution in [0.3, 0.4) is 0 Å². The predicted octanol–water partition coefficient (Wildman–Crippen LogP) is 0.993. The highest BCUT2D eigenvalue weighted by atomic mass is 35.5. The maximum atomic E-state index is 12.0. The zero-order chi connectivity index (χ0) is 13.7. The predicted molar refractivity (Wildman–Crippen MR) is 80.5 cm³/mol. The van der Waals surface area contributed by atoms with Gasteiger partial charge < -0.3 is 9.88 Å². The van der Waals surface area contributed by atoms with E-state index in [9.17, 15) is 8.42 Å². The Kier molecular flexibility index (Phi) is 6.94. The van der Waals surface area contributed by atoms with Gasteiger partial charge in [0.25, 0.3) is 10.0 Å². The molecule has 6 nitrogen and oxygen atoms in total. The van der Waals surface area contributed by atoms with Crippen LogP contribution in [0.1, 0.15) is 26.2 Å². The largest absolute Gasteiger partial charge is 0.336 e. The molecule has 1 aromatic rings. The van der Waals surface area contributed by atoms with Crippen LogP contribution in [-0.4, -0.2) is 37.6 Å². The van der Waals surface area contributed by atoms with E-state index in [1.807, 2.05) is 6.92 Å². The lowest BCUT2D eigenvalue weighted by molar-refractivity contribution is 0.358. The number of nitrogens with one attached hydrogen (secondary N) is 2. The molecule has 0 aliphatic carbocycles. The molecule has 0 radical (unpaired) electrons. The smallest absolute Gasteiger partial charge is 0.259 e. The van der Waals surface area contributed by atoms with Gasteiger partial charge in [0.15, 0.2) is 5.03 Å². The van der Waals surface area contributed by atoms with Crippen LogP contribution in [0.2, 0.25) is 0 Å². The van der Waals surface area contributed by atoms with Crippen molar-refractivity contribution in [1.29, 1.82) is 0 Å². The fourth-order valence-corrected chi connectivity index (χ4v) is 3.29. The molecule has 2 N–H and O–H groups in total. The van der Waals surface area contributed by atoms with E-state index in [2.05, 4.69) is 15.0 Å². The van der Waals surface area contributed by atoms with E-state index in [4.69, 9.17) is 0 Å². The van der Waals surface area contributed by atoms with Crippen LogP contribution in [0.5, 0.6) is 0 Å². The van der Waals surface area contributed by atoms with Gasteiger partial charge in [0.05, 0.1) is 6.33 Å². The number of aromatic nitrogens is 2. The van der Waals surface area contributed by atoms with Crippen molar-refractivity contribution in [3.63, 3.8) is 0 Å². The summed E-state index contributed by atoms with van der Waals surface area (Å²) in [5.74, 6) is 0.574. The molecule has 20 heavy (non-hydrogen) atoms. The first kappa shape index (κ1) is 17.4. The highest BCUT2D eigenvalue weighted by Crippen LogP contribution is 2.13. The Morgan fingerprint density at radius 1 is 1.55 bits per heavy atom. The number of aryl methyl sites for hydroxylation is 1. The molecule has 116 valence electrons. The van der Waals surface area contributed by atoms with Gasteiger partial charge in [-0.3, -0.25) is 0 Å². The first-order valence-electron chi connectivity index (χ1n) is 6.84. The van der Waals surface area contributed by atoms with Gasteiger partial charge in [-0.1, -0.05) is 0 Å². The van der Waals surface area contributed by atoms with E-state index in [-0.39, 0.29) is 17.4 Å². The van der Waals surface area contributed by atoms with E-state index in [0.717, 1.165) is 26.1 Å². The van der Waals surface area contributed by atoms with E-state index >= 15 is 0 Å². The minimum absolute atomic E-state index is 0. The van der Waals surface area contributed by atoms with Gasteiger partial charge in [0.1, 0.15) is 0 Å². The zero-order valence-electron chi connectivity index (χ0n) is 11.7. The van der Waals surface area contributed by atoms with E-state index < -0.39 is 10.0 Å². The molecule has 2 rings (SSSR count). The average Bonchev–Trinajstić information content (AvgIpc) is 2.89. The summed E-state index contributed by atoms with van der Waals surface area (Å²) < 4.78 is 28.4. The number of sulfonamides is 1.